The first kappa shape index (κ1) is 23.0. The van der Waals surface area contributed by atoms with Crippen LogP contribution in [0.1, 0.15) is 29.5 Å². The van der Waals surface area contributed by atoms with Crippen LogP contribution in [0.5, 0.6) is 0 Å². The highest BCUT2D eigenvalue weighted by Crippen LogP contribution is 2.59. The van der Waals surface area contributed by atoms with Crippen LogP contribution in [-0.2, 0) is 0 Å². The smallest absolute Gasteiger partial charge is 0.282 e. The maximum absolute atomic E-state index is 11.5. The standard InChI is InChI=1S/C24H19Cl2N3O4S/c25-17-8-4-7-15-21-16(23(27-24(15)17)13-5-3-6-14(11-13)28(30)31)12-20(22(21)26)34-19-10-2-1-9-18(19)29(32)33/h1-11,16,20-23,27H,12H2. The molecule has 34 heavy (non-hydrogen) atoms. The third-order valence-electron chi connectivity index (χ3n) is 6.58. The summed E-state index contributed by atoms with van der Waals surface area (Å²) in [5.41, 5.74) is 2.65. The number of nitro groups is 2. The highest BCUT2D eigenvalue weighted by atomic mass is 35.5. The van der Waals surface area contributed by atoms with Crippen LogP contribution in [0.15, 0.2) is 71.6 Å². The van der Waals surface area contributed by atoms with E-state index in [1.54, 1.807) is 36.4 Å². The van der Waals surface area contributed by atoms with E-state index in [4.69, 9.17) is 23.2 Å². The van der Waals surface area contributed by atoms with Gasteiger partial charge in [-0.05, 0) is 35.6 Å². The summed E-state index contributed by atoms with van der Waals surface area (Å²) in [5, 5.41) is 26.6. The van der Waals surface area contributed by atoms with Gasteiger partial charge < -0.3 is 5.32 Å². The Hall–Kier alpha value is -2.81. The number of alkyl halides is 1. The van der Waals surface area contributed by atoms with Crippen LogP contribution >= 0.6 is 35.0 Å². The van der Waals surface area contributed by atoms with Crippen molar-refractivity contribution in [3.63, 3.8) is 0 Å². The number of thioether (sulfide) groups is 1. The van der Waals surface area contributed by atoms with Gasteiger partial charge in [0.05, 0.1) is 36.9 Å². The van der Waals surface area contributed by atoms with Crippen LogP contribution in [0.2, 0.25) is 5.02 Å². The Bertz CT molecular complexity index is 1290. The fourth-order valence-corrected chi connectivity index (χ4v) is 7.32. The van der Waals surface area contributed by atoms with E-state index in [2.05, 4.69) is 5.32 Å². The van der Waals surface area contributed by atoms with Gasteiger partial charge in [-0.1, -0.05) is 48.0 Å². The monoisotopic (exact) mass is 515 g/mol. The molecule has 1 aliphatic heterocycles. The summed E-state index contributed by atoms with van der Waals surface area (Å²) >= 11 is 15.0. The number of para-hydroxylation sites is 2. The number of nitro benzene ring substituents is 2. The number of hydrogen-bond donors (Lipinski definition) is 1. The molecule has 174 valence electrons. The van der Waals surface area contributed by atoms with Gasteiger partial charge in [-0.3, -0.25) is 20.2 Å². The molecule has 2 aliphatic rings. The van der Waals surface area contributed by atoms with E-state index in [0.717, 1.165) is 16.8 Å². The van der Waals surface area contributed by atoms with Crippen molar-refractivity contribution < 1.29 is 9.85 Å². The van der Waals surface area contributed by atoms with Gasteiger partial charge in [0, 0.05) is 29.4 Å². The summed E-state index contributed by atoms with van der Waals surface area (Å²) in [6.45, 7) is 0. The average molecular weight is 516 g/mol. The zero-order valence-electron chi connectivity index (χ0n) is 17.6. The number of nitrogens with one attached hydrogen (secondary N) is 1. The van der Waals surface area contributed by atoms with Crippen LogP contribution in [0.4, 0.5) is 17.1 Å². The summed E-state index contributed by atoms with van der Waals surface area (Å²) in [5.74, 6) is -0.0445. The van der Waals surface area contributed by atoms with Gasteiger partial charge in [0.2, 0.25) is 0 Å². The van der Waals surface area contributed by atoms with Crippen LogP contribution in [0.25, 0.3) is 0 Å². The van der Waals surface area contributed by atoms with Gasteiger partial charge in [0.1, 0.15) is 0 Å². The predicted octanol–water partition coefficient (Wildman–Crippen LogP) is 7.20. The lowest BCUT2D eigenvalue weighted by Crippen LogP contribution is -2.31. The van der Waals surface area contributed by atoms with E-state index >= 15 is 0 Å². The van der Waals surface area contributed by atoms with Crippen molar-refractivity contribution in [2.24, 2.45) is 5.92 Å². The summed E-state index contributed by atoms with van der Waals surface area (Å²) in [4.78, 5) is 22.7. The van der Waals surface area contributed by atoms with Crippen molar-refractivity contribution in [1.29, 1.82) is 0 Å². The van der Waals surface area contributed by atoms with Crippen molar-refractivity contribution >= 4 is 52.0 Å². The van der Waals surface area contributed by atoms with E-state index in [9.17, 15) is 20.2 Å². The molecule has 1 aliphatic carbocycles. The Morgan fingerprint density at radius 3 is 2.50 bits per heavy atom. The van der Waals surface area contributed by atoms with Crippen molar-refractivity contribution in [2.45, 2.75) is 33.9 Å². The number of rotatable bonds is 5. The fourth-order valence-electron chi connectivity index (χ4n) is 5.14. The molecule has 1 N–H and O–H groups in total. The number of nitrogens with zero attached hydrogens (tertiary/aromatic N) is 2. The van der Waals surface area contributed by atoms with E-state index < -0.39 is 4.92 Å². The van der Waals surface area contributed by atoms with E-state index in [0.29, 0.717) is 16.3 Å². The Morgan fingerprint density at radius 1 is 0.971 bits per heavy atom. The Labute approximate surface area is 209 Å². The summed E-state index contributed by atoms with van der Waals surface area (Å²) in [6, 6.07) is 18.7. The van der Waals surface area contributed by atoms with Crippen LogP contribution in [0.3, 0.4) is 0 Å². The van der Waals surface area contributed by atoms with Gasteiger partial charge in [-0.2, -0.15) is 0 Å². The molecular formula is C24H19Cl2N3O4S. The lowest BCUT2D eigenvalue weighted by atomic mass is 9.77. The predicted molar refractivity (Wildman–Crippen MR) is 134 cm³/mol. The van der Waals surface area contributed by atoms with E-state index in [-0.39, 0.29) is 44.8 Å². The van der Waals surface area contributed by atoms with Crippen LogP contribution in [0, 0.1) is 26.1 Å². The lowest BCUT2D eigenvalue weighted by molar-refractivity contribution is -0.387. The minimum Gasteiger partial charge on any atom is -0.376 e. The molecule has 0 saturated heterocycles. The summed E-state index contributed by atoms with van der Waals surface area (Å²) in [7, 11) is 0. The molecule has 1 saturated carbocycles. The average Bonchev–Trinajstić information content (AvgIpc) is 3.15. The molecule has 5 rings (SSSR count). The molecule has 0 aromatic heterocycles. The zero-order valence-corrected chi connectivity index (χ0v) is 20.0. The molecule has 1 fully saturated rings. The van der Waals surface area contributed by atoms with Gasteiger partial charge >= 0.3 is 0 Å². The minimum absolute atomic E-state index is 0.0204. The largest absolute Gasteiger partial charge is 0.376 e. The quantitative estimate of drug-likeness (QED) is 0.219. The highest BCUT2D eigenvalue weighted by Gasteiger charge is 2.50. The Balaban J connectivity index is 1.55. The summed E-state index contributed by atoms with van der Waals surface area (Å²) in [6.07, 6.45) is 0.682. The molecule has 7 nitrogen and oxygen atoms in total. The third kappa shape index (κ3) is 4.00. The second-order valence-corrected chi connectivity index (χ2v) is 10.6. The van der Waals surface area contributed by atoms with Crippen molar-refractivity contribution in [1.82, 2.24) is 0 Å². The second kappa shape index (κ2) is 9.09. The first-order valence-electron chi connectivity index (χ1n) is 10.7. The van der Waals surface area contributed by atoms with Crippen LogP contribution in [-0.4, -0.2) is 20.5 Å². The number of anilines is 1. The maximum atomic E-state index is 11.5. The van der Waals surface area contributed by atoms with Gasteiger partial charge in [-0.15, -0.1) is 23.4 Å². The molecule has 5 atom stereocenters. The number of non-ortho nitro benzene ring substituents is 1. The minimum atomic E-state index is -0.406. The SMILES string of the molecule is O=[N+]([O-])c1cccc(C2Nc3c(Cl)cccc3C3C(Cl)C(Sc4ccccc4[N+](=O)[O-])CC23)c1. The zero-order chi connectivity index (χ0) is 24.0. The fraction of sp³-hybridized carbons (Fsp3) is 0.250. The van der Waals surface area contributed by atoms with Gasteiger partial charge in [-0.25, -0.2) is 0 Å². The molecule has 0 radical (unpaired) electrons. The van der Waals surface area contributed by atoms with Gasteiger partial charge in [0.15, 0.2) is 0 Å². The summed E-state index contributed by atoms with van der Waals surface area (Å²) < 4.78 is 0. The number of benzene rings is 3. The maximum Gasteiger partial charge on any atom is 0.282 e. The molecule has 0 bridgehead atoms. The molecular weight excluding hydrogens is 497 g/mol. The lowest BCUT2D eigenvalue weighted by Gasteiger charge is -2.38. The Kier molecular flexibility index (Phi) is 6.14. The molecule has 1 heterocycles. The Morgan fingerprint density at radius 2 is 1.74 bits per heavy atom. The molecule has 10 heteroatoms. The van der Waals surface area contributed by atoms with E-state index in [1.165, 1.54) is 23.9 Å². The van der Waals surface area contributed by atoms with Crippen molar-refractivity contribution in [3.05, 3.63) is 103 Å². The number of fused-ring (bicyclic) bond motifs is 3. The molecule has 5 unspecified atom stereocenters. The molecule has 3 aromatic rings. The number of hydrogen-bond acceptors (Lipinski definition) is 6. The van der Waals surface area contributed by atoms with Crippen molar-refractivity contribution in [3.8, 4) is 0 Å². The third-order valence-corrected chi connectivity index (χ3v) is 9.00. The highest BCUT2D eigenvalue weighted by molar-refractivity contribution is 8.00. The van der Waals surface area contributed by atoms with Crippen molar-refractivity contribution in [2.75, 3.05) is 5.32 Å². The first-order valence-corrected chi connectivity index (χ1v) is 12.4. The van der Waals surface area contributed by atoms with Crippen LogP contribution < -0.4 is 5.32 Å². The first-order chi connectivity index (χ1) is 16.3. The molecule has 0 amide bonds. The topological polar surface area (TPSA) is 98.3 Å². The number of halogens is 2. The second-order valence-electron chi connectivity index (χ2n) is 8.43. The normalized spacial score (nSPS) is 25.2. The molecule has 3 aromatic carbocycles. The van der Waals surface area contributed by atoms with Gasteiger partial charge in [0.25, 0.3) is 11.4 Å². The van der Waals surface area contributed by atoms with E-state index in [1.807, 2.05) is 18.2 Å². The molecule has 0 spiro atoms.